The van der Waals surface area contributed by atoms with Crippen molar-refractivity contribution in [3.8, 4) is 0 Å². The van der Waals surface area contributed by atoms with Crippen molar-refractivity contribution >= 4 is 17.6 Å². The fraction of sp³-hybridized carbons (Fsp3) is 0.500. The molecule has 4 heteroatoms. The number of hydrogen-bond acceptors (Lipinski definition) is 1. The number of guanidine groups is 1. The summed E-state index contributed by atoms with van der Waals surface area (Å²) in [6.07, 6.45) is 3.47. The van der Waals surface area contributed by atoms with Gasteiger partial charge in [0, 0.05) is 24.2 Å². The lowest BCUT2D eigenvalue weighted by Gasteiger charge is -2.10. The van der Waals surface area contributed by atoms with E-state index in [1.165, 1.54) is 18.4 Å². The molecule has 0 aliphatic heterocycles. The molecule has 1 fully saturated rings. The number of nitrogens with zero attached hydrogens (tertiary/aromatic N) is 1. The molecule has 0 saturated heterocycles. The van der Waals surface area contributed by atoms with Crippen LogP contribution in [0.2, 0.25) is 5.02 Å². The van der Waals surface area contributed by atoms with Crippen molar-refractivity contribution in [2.75, 3.05) is 13.1 Å². The Hall–Kier alpha value is -1.22. The van der Waals surface area contributed by atoms with Crippen LogP contribution in [0.3, 0.4) is 0 Å². The number of benzene rings is 1. The van der Waals surface area contributed by atoms with E-state index >= 15 is 0 Å². The summed E-state index contributed by atoms with van der Waals surface area (Å²) in [4.78, 5) is 4.57. The van der Waals surface area contributed by atoms with Crippen LogP contribution >= 0.6 is 11.6 Å². The summed E-state index contributed by atoms with van der Waals surface area (Å²) in [7, 11) is 0. The highest BCUT2D eigenvalue weighted by Gasteiger charge is 2.21. The first-order chi connectivity index (χ1) is 8.78. The van der Waals surface area contributed by atoms with Crippen molar-refractivity contribution < 1.29 is 0 Å². The molecule has 1 aromatic carbocycles. The minimum atomic E-state index is 0.637. The lowest BCUT2D eigenvalue weighted by atomic mass is 10.1. The Morgan fingerprint density at radius 3 is 2.67 bits per heavy atom. The van der Waals surface area contributed by atoms with E-state index in [-0.39, 0.29) is 0 Å². The van der Waals surface area contributed by atoms with Crippen molar-refractivity contribution in [2.45, 2.75) is 32.2 Å². The molecule has 2 N–H and O–H groups in total. The lowest BCUT2D eigenvalue weighted by molar-refractivity contribution is 0.808. The average molecular weight is 266 g/mol. The summed E-state index contributed by atoms with van der Waals surface area (Å²) in [5.74, 6) is 0.939. The average Bonchev–Trinajstić information content (AvgIpc) is 3.16. The van der Waals surface area contributed by atoms with Crippen LogP contribution in [0, 0.1) is 0 Å². The molecule has 2 rings (SSSR count). The van der Waals surface area contributed by atoms with Crippen LogP contribution < -0.4 is 10.6 Å². The van der Waals surface area contributed by atoms with E-state index in [2.05, 4.69) is 34.7 Å². The van der Waals surface area contributed by atoms with Gasteiger partial charge in [0.25, 0.3) is 0 Å². The van der Waals surface area contributed by atoms with Gasteiger partial charge in [0.15, 0.2) is 5.96 Å². The first kappa shape index (κ1) is 13.2. The summed E-state index contributed by atoms with van der Waals surface area (Å²) in [6.45, 7) is 3.78. The molecule has 0 aromatic heterocycles. The molecule has 0 radical (unpaired) electrons. The number of nitrogens with one attached hydrogen (secondary N) is 2. The van der Waals surface area contributed by atoms with Crippen LogP contribution in [-0.2, 0) is 6.42 Å². The molecule has 0 atom stereocenters. The predicted octanol–water partition coefficient (Wildman–Crippen LogP) is 2.60. The molecule has 0 unspecified atom stereocenters. The van der Waals surface area contributed by atoms with Crippen LogP contribution in [0.15, 0.2) is 29.3 Å². The monoisotopic (exact) mass is 265 g/mol. The zero-order chi connectivity index (χ0) is 12.8. The van der Waals surface area contributed by atoms with Crippen LogP contribution in [0.5, 0.6) is 0 Å². The third-order valence-corrected chi connectivity index (χ3v) is 3.10. The van der Waals surface area contributed by atoms with Gasteiger partial charge in [-0.2, -0.15) is 0 Å². The van der Waals surface area contributed by atoms with Gasteiger partial charge in [-0.05, 0) is 43.9 Å². The van der Waals surface area contributed by atoms with E-state index in [0.717, 1.165) is 30.5 Å². The van der Waals surface area contributed by atoms with Crippen LogP contribution in [0.25, 0.3) is 0 Å². The van der Waals surface area contributed by atoms with Gasteiger partial charge >= 0.3 is 0 Å². The minimum Gasteiger partial charge on any atom is -0.357 e. The Morgan fingerprint density at radius 1 is 1.33 bits per heavy atom. The molecule has 0 amide bonds. The van der Waals surface area contributed by atoms with Crippen LogP contribution in [0.1, 0.15) is 25.3 Å². The summed E-state index contributed by atoms with van der Waals surface area (Å²) in [5, 5.41) is 7.46. The largest absolute Gasteiger partial charge is 0.357 e. The second-order valence-corrected chi connectivity index (χ2v) is 4.99. The summed E-state index contributed by atoms with van der Waals surface area (Å²) in [6, 6.07) is 8.60. The van der Waals surface area contributed by atoms with Crippen molar-refractivity contribution in [1.82, 2.24) is 10.6 Å². The Balaban J connectivity index is 1.81. The third kappa shape index (κ3) is 4.57. The number of halogens is 1. The maximum Gasteiger partial charge on any atom is 0.191 e. The molecule has 1 saturated carbocycles. The Bertz CT molecular complexity index is 396. The fourth-order valence-corrected chi connectivity index (χ4v) is 1.81. The summed E-state index contributed by atoms with van der Waals surface area (Å²) < 4.78 is 0. The van der Waals surface area contributed by atoms with E-state index in [9.17, 15) is 0 Å². The number of rotatable bonds is 5. The zero-order valence-corrected chi connectivity index (χ0v) is 11.5. The molecule has 0 spiro atoms. The first-order valence-electron chi connectivity index (χ1n) is 6.57. The van der Waals surface area contributed by atoms with E-state index < -0.39 is 0 Å². The molecule has 3 nitrogen and oxygen atoms in total. The van der Waals surface area contributed by atoms with Gasteiger partial charge in [-0.15, -0.1) is 0 Å². The molecule has 1 aliphatic rings. The predicted molar refractivity (Wildman–Crippen MR) is 77.3 cm³/mol. The first-order valence-corrected chi connectivity index (χ1v) is 6.95. The maximum atomic E-state index is 5.85. The quantitative estimate of drug-likeness (QED) is 0.634. The zero-order valence-electron chi connectivity index (χ0n) is 10.7. The van der Waals surface area contributed by atoms with Crippen molar-refractivity contribution in [2.24, 2.45) is 4.99 Å². The van der Waals surface area contributed by atoms with E-state index in [1.807, 2.05) is 12.1 Å². The molecular weight excluding hydrogens is 246 g/mol. The van der Waals surface area contributed by atoms with Crippen molar-refractivity contribution in [1.29, 1.82) is 0 Å². The number of hydrogen-bond donors (Lipinski definition) is 2. The Kier molecular flexibility index (Phi) is 4.88. The minimum absolute atomic E-state index is 0.637. The topological polar surface area (TPSA) is 36.4 Å². The maximum absolute atomic E-state index is 5.85. The molecule has 98 valence electrons. The fourth-order valence-electron chi connectivity index (χ4n) is 1.69. The number of aliphatic imine (C=N–C) groups is 1. The van der Waals surface area contributed by atoms with Gasteiger partial charge < -0.3 is 10.6 Å². The molecule has 0 bridgehead atoms. The highest BCUT2D eigenvalue weighted by molar-refractivity contribution is 6.30. The highest BCUT2D eigenvalue weighted by atomic mass is 35.5. The molecule has 1 aromatic rings. The van der Waals surface area contributed by atoms with E-state index in [1.54, 1.807) is 0 Å². The van der Waals surface area contributed by atoms with Crippen molar-refractivity contribution in [3.05, 3.63) is 34.9 Å². The Morgan fingerprint density at radius 2 is 2.06 bits per heavy atom. The second kappa shape index (κ2) is 6.64. The second-order valence-electron chi connectivity index (χ2n) is 4.56. The van der Waals surface area contributed by atoms with Gasteiger partial charge in [-0.3, -0.25) is 4.99 Å². The van der Waals surface area contributed by atoms with Gasteiger partial charge in [0.1, 0.15) is 0 Å². The summed E-state index contributed by atoms with van der Waals surface area (Å²) >= 11 is 5.85. The van der Waals surface area contributed by atoms with Crippen LogP contribution in [-0.4, -0.2) is 25.1 Å². The third-order valence-electron chi connectivity index (χ3n) is 2.85. The standard InChI is InChI=1S/C14H20ClN3/c1-2-16-14(18-13-7-8-13)17-10-9-11-3-5-12(15)6-4-11/h3-6,13H,2,7-10H2,1H3,(H2,16,17,18). The molecule has 0 heterocycles. The van der Waals surface area contributed by atoms with Gasteiger partial charge in [-0.25, -0.2) is 0 Å². The van der Waals surface area contributed by atoms with Gasteiger partial charge in [0.2, 0.25) is 0 Å². The molecular formula is C14H20ClN3. The lowest BCUT2D eigenvalue weighted by Crippen LogP contribution is -2.38. The highest BCUT2D eigenvalue weighted by Crippen LogP contribution is 2.18. The van der Waals surface area contributed by atoms with E-state index in [4.69, 9.17) is 11.6 Å². The van der Waals surface area contributed by atoms with E-state index in [0.29, 0.717) is 6.04 Å². The van der Waals surface area contributed by atoms with Gasteiger partial charge in [-0.1, -0.05) is 23.7 Å². The van der Waals surface area contributed by atoms with Crippen molar-refractivity contribution in [3.63, 3.8) is 0 Å². The smallest absolute Gasteiger partial charge is 0.191 e. The SMILES string of the molecule is CCNC(=NCCc1ccc(Cl)cc1)NC1CC1. The van der Waals surface area contributed by atoms with Crippen LogP contribution in [0.4, 0.5) is 0 Å². The normalized spacial score (nSPS) is 15.6. The summed E-state index contributed by atoms with van der Waals surface area (Å²) in [5.41, 5.74) is 1.27. The van der Waals surface area contributed by atoms with Gasteiger partial charge in [0.05, 0.1) is 0 Å². The molecule has 18 heavy (non-hydrogen) atoms. The Labute approximate surface area is 114 Å². The molecule has 1 aliphatic carbocycles.